The lowest BCUT2D eigenvalue weighted by Crippen LogP contribution is -2.24. The summed E-state index contributed by atoms with van der Waals surface area (Å²) in [4.78, 5) is 27.1. The second-order valence-corrected chi connectivity index (χ2v) is 6.47. The first-order valence-corrected chi connectivity index (χ1v) is 8.64. The summed E-state index contributed by atoms with van der Waals surface area (Å²) >= 11 is 5.82. The van der Waals surface area contributed by atoms with Crippen molar-refractivity contribution in [1.82, 2.24) is 14.8 Å². The van der Waals surface area contributed by atoms with E-state index in [4.69, 9.17) is 16.3 Å². The van der Waals surface area contributed by atoms with Gasteiger partial charge in [-0.15, -0.1) is 0 Å². The van der Waals surface area contributed by atoms with Crippen LogP contribution in [0.1, 0.15) is 6.92 Å². The van der Waals surface area contributed by atoms with Gasteiger partial charge in [-0.25, -0.2) is 0 Å². The smallest absolute Gasteiger partial charge is 0.275 e. The molecule has 144 valence electrons. The molecular weight excluding hydrogens is 386 g/mol. The molecule has 28 heavy (non-hydrogen) atoms. The maximum absolute atomic E-state index is 12.5. The fourth-order valence-corrected chi connectivity index (χ4v) is 2.59. The van der Waals surface area contributed by atoms with E-state index in [2.05, 4.69) is 15.4 Å². The first-order valence-electron chi connectivity index (χ1n) is 8.27. The summed E-state index contributed by atoms with van der Waals surface area (Å²) < 4.78 is 7.16. The highest BCUT2D eigenvalue weighted by atomic mass is 35.5. The topological polar surface area (TPSA) is 112 Å². The number of anilines is 1. The molecule has 0 bridgehead atoms. The molecule has 3 rings (SSSR count). The van der Waals surface area contributed by atoms with E-state index in [1.54, 1.807) is 36.1 Å². The highest BCUT2D eigenvalue weighted by Crippen LogP contribution is 2.29. The minimum atomic E-state index is -0.555. The first-order chi connectivity index (χ1) is 13.4. The Morgan fingerprint density at radius 2 is 2.18 bits per heavy atom. The fourth-order valence-electron chi connectivity index (χ4n) is 2.43. The Hall–Kier alpha value is -3.46. The standard InChI is InChI=1S/C18H16ClN5O4/c1-12(10-23-11-13(19)8-21-23)18(25)22-14-5-15(24(26)27)7-17(6-14)28-16-3-2-4-20-9-16/h2-9,11-12H,10H2,1H3,(H,22,25). The molecule has 10 heteroatoms. The Balaban J connectivity index is 1.76. The van der Waals surface area contributed by atoms with Crippen molar-refractivity contribution in [2.24, 2.45) is 5.92 Å². The summed E-state index contributed by atoms with van der Waals surface area (Å²) in [6, 6.07) is 7.40. The summed E-state index contributed by atoms with van der Waals surface area (Å²) in [5, 5.41) is 18.4. The van der Waals surface area contributed by atoms with Gasteiger partial charge in [0, 0.05) is 24.5 Å². The van der Waals surface area contributed by atoms with Crippen molar-refractivity contribution in [2.75, 3.05) is 5.32 Å². The minimum absolute atomic E-state index is 0.205. The Kier molecular flexibility index (Phi) is 5.85. The third-order valence-electron chi connectivity index (χ3n) is 3.75. The number of benzene rings is 1. The number of non-ortho nitro benzene ring substituents is 1. The molecule has 0 aliphatic heterocycles. The predicted octanol–water partition coefficient (Wildman–Crippen LogP) is 3.91. The fraction of sp³-hybridized carbons (Fsp3) is 0.167. The van der Waals surface area contributed by atoms with Gasteiger partial charge in [-0.1, -0.05) is 18.5 Å². The third-order valence-corrected chi connectivity index (χ3v) is 3.95. The number of ether oxygens (including phenoxy) is 1. The maximum atomic E-state index is 12.5. The van der Waals surface area contributed by atoms with Gasteiger partial charge in [0.15, 0.2) is 0 Å². The van der Waals surface area contributed by atoms with Gasteiger partial charge < -0.3 is 10.1 Å². The molecular formula is C18H16ClN5O4. The van der Waals surface area contributed by atoms with Gasteiger partial charge >= 0.3 is 0 Å². The van der Waals surface area contributed by atoms with Gasteiger partial charge in [0.1, 0.15) is 11.5 Å². The molecule has 1 atom stereocenters. The number of amides is 1. The van der Waals surface area contributed by atoms with E-state index in [1.807, 2.05) is 0 Å². The predicted molar refractivity (Wildman–Crippen MR) is 102 cm³/mol. The van der Waals surface area contributed by atoms with E-state index in [0.717, 1.165) is 0 Å². The number of nitrogens with zero attached hydrogens (tertiary/aromatic N) is 4. The average molecular weight is 402 g/mol. The van der Waals surface area contributed by atoms with Crippen molar-refractivity contribution in [3.63, 3.8) is 0 Å². The largest absolute Gasteiger partial charge is 0.455 e. The summed E-state index contributed by atoms with van der Waals surface area (Å²) in [6.45, 7) is 2.03. The summed E-state index contributed by atoms with van der Waals surface area (Å²) in [7, 11) is 0. The van der Waals surface area contributed by atoms with Crippen LogP contribution in [0.2, 0.25) is 5.02 Å². The molecule has 1 aromatic carbocycles. The van der Waals surface area contributed by atoms with Gasteiger partial charge in [0.25, 0.3) is 5.69 Å². The number of carbonyl (C=O) groups is 1. The zero-order valence-electron chi connectivity index (χ0n) is 14.8. The number of nitro groups is 1. The minimum Gasteiger partial charge on any atom is -0.455 e. The second kappa shape index (κ2) is 8.49. The van der Waals surface area contributed by atoms with E-state index < -0.39 is 10.8 Å². The Morgan fingerprint density at radius 3 is 2.82 bits per heavy atom. The van der Waals surface area contributed by atoms with Crippen LogP contribution >= 0.6 is 11.6 Å². The van der Waals surface area contributed by atoms with Crippen LogP contribution < -0.4 is 10.1 Å². The number of pyridine rings is 1. The lowest BCUT2D eigenvalue weighted by Gasteiger charge is -2.13. The van der Waals surface area contributed by atoms with Crippen LogP contribution in [0, 0.1) is 16.0 Å². The molecule has 0 radical (unpaired) electrons. The number of halogens is 1. The number of nitrogens with one attached hydrogen (secondary N) is 1. The Bertz CT molecular complexity index is 993. The molecule has 2 heterocycles. The van der Waals surface area contributed by atoms with Crippen LogP contribution in [-0.2, 0) is 11.3 Å². The molecule has 9 nitrogen and oxygen atoms in total. The average Bonchev–Trinajstić information content (AvgIpc) is 3.07. The third kappa shape index (κ3) is 5.04. The van der Waals surface area contributed by atoms with E-state index in [9.17, 15) is 14.9 Å². The SMILES string of the molecule is CC(Cn1cc(Cl)cn1)C(=O)Nc1cc(Oc2cccnc2)cc([N+](=O)[O-])c1. The molecule has 0 saturated carbocycles. The number of aromatic nitrogens is 3. The summed E-state index contributed by atoms with van der Waals surface area (Å²) in [6.07, 6.45) is 6.15. The normalized spacial score (nSPS) is 11.6. The van der Waals surface area contributed by atoms with Gasteiger partial charge in [0.05, 0.1) is 46.6 Å². The van der Waals surface area contributed by atoms with E-state index in [1.165, 1.54) is 30.6 Å². The van der Waals surface area contributed by atoms with Crippen LogP contribution in [0.15, 0.2) is 55.1 Å². The quantitative estimate of drug-likeness (QED) is 0.474. The molecule has 1 amide bonds. The Morgan fingerprint density at radius 1 is 1.36 bits per heavy atom. The van der Waals surface area contributed by atoms with Crippen LogP contribution in [0.25, 0.3) is 0 Å². The monoisotopic (exact) mass is 401 g/mol. The van der Waals surface area contributed by atoms with E-state index >= 15 is 0 Å². The van der Waals surface area contributed by atoms with Crippen molar-refractivity contribution >= 4 is 28.9 Å². The molecule has 0 aliphatic carbocycles. The van der Waals surface area contributed by atoms with Crippen molar-refractivity contribution in [3.8, 4) is 11.5 Å². The number of carbonyl (C=O) groups excluding carboxylic acids is 1. The van der Waals surface area contributed by atoms with E-state index in [-0.39, 0.29) is 23.0 Å². The van der Waals surface area contributed by atoms with Gasteiger partial charge in [-0.2, -0.15) is 5.10 Å². The lowest BCUT2D eigenvalue weighted by molar-refractivity contribution is -0.384. The van der Waals surface area contributed by atoms with Crippen LogP contribution in [0.3, 0.4) is 0 Å². The zero-order valence-corrected chi connectivity index (χ0v) is 15.5. The van der Waals surface area contributed by atoms with Crippen molar-refractivity contribution in [2.45, 2.75) is 13.5 Å². The molecule has 0 saturated heterocycles. The number of hydrogen-bond donors (Lipinski definition) is 1. The van der Waals surface area contributed by atoms with Gasteiger partial charge in [-0.05, 0) is 12.1 Å². The van der Waals surface area contributed by atoms with Gasteiger partial charge in [0.2, 0.25) is 5.91 Å². The number of hydrogen-bond acceptors (Lipinski definition) is 6. The summed E-state index contributed by atoms with van der Waals surface area (Å²) in [5.74, 6) is -0.134. The molecule has 1 unspecified atom stereocenters. The first kappa shape index (κ1) is 19.3. The number of nitro benzene ring substituents is 1. The second-order valence-electron chi connectivity index (χ2n) is 6.03. The molecule has 0 fully saturated rings. The van der Waals surface area contributed by atoms with Gasteiger partial charge in [-0.3, -0.25) is 24.6 Å². The molecule has 0 spiro atoms. The van der Waals surface area contributed by atoms with E-state index in [0.29, 0.717) is 17.3 Å². The highest BCUT2D eigenvalue weighted by molar-refractivity contribution is 6.30. The Labute approximate surface area is 165 Å². The van der Waals surface area contributed by atoms with Crippen molar-refractivity contribution < 1.29 is 14.5 Å². The van der Waals surface area contributed by atoms with Crippen molar-refractivity contribution in [3.05, 3.63) is 70.3 Å². The van der Waals surface area contributed by atoms with Crippen LogP contribution in [0.5, 0.6) is 11.5 Å². The van der Waals surface area contributed by atoms with Crippen LogP contribution in [-0.4, -0.2) is 25.6 Å². The maximum Gasteiger partial charge on any atom is 0.275 e. The van der Waals surface area contributed by atoms with Crippen LogP contribution in [0.4, 0.5) is 11.4 Å². The van der Waals surface area contributed by atoms with Crippen molar-refractivity contribution in [1.29, 1.82) is 0 Å². The molecule has 1 N–H and O–H groups in total. The number of rotatable bonds is 7. The zero-order chi connectivity index (χ0) is 20.1. The molecule has 3 aromatic rings. The lowest BCUT2D eigenvalue weighted by atomic mass is 10.1. The highest BCUT2D eigenvalue weighted by Gasteiger charge is 2.17. The molecule has 0 aliphatic rings. The summed E-state index contributed by atoms with van der Waals surface area (Å²) in [5.41, 5.74) is 0.0478. The molecule has 2 aromatic heterocycles.